The molecule has 0 radical (unpaired) electrons. The molecule has 6 nitrogen and oxygen atoms in total. The van der Waals surface area contributed by atoms with E-state index in [1.807, 2.05) is 50.8 Å². The van der Waals surface area contributed by atoms with Crippen LogP contribution < -0.4 is 29.7 Å². The summed E-state index contributed by atoms with van der Waals surface area (Å²) in [4.78, 5) is 0. The number of nitrogen functional groups attached to an aromatic ring is 2. The maximum Gasteiger partial charge on any atom is 0.279 e. The lowest BCUT2D eigenvalue weighted by molar-refractivity contribution is -0.690. The number of aromatic nitrogens is 4. The van der Waals surface area contributed by atoms with Crippen LogP contribution in [-0.2, 0) is 28.2 Å². The zero-order chi connectivity index (χ0) is 21.4. The van der Waals surface area contributed by atoms with Crippen molar-refractivity contribution in [2.24, 2.45) is 28.2 Å². The fourth-order valence-electron chi connectivity index (χ4n) is 3.77. The van der Waals surface area contributed by atoms with E-state index in [1.165, 1.54) is 0 Å². The number of pyridine rings is 4. The molecule has 0 amide bonds. The molecule has 4 heterocycles. The Balaban J connectivity index is 1.73. The van der Waals surface area contributed by atoms with E-state index in [0.717, 1.165) is 45.3 Å². The minimum absolute atomic E-state index is 0.754. The van der Waals surface area contributed by atoms with E-state index in [-0.39, 0.29) is 0 Å². The lowest BCUT2D eigenvalue weighted by atomic mass is 10.1. The molecule has 0 aliphatic carbocycles. The molecule has 0 aromatic carbocycles. The van der Waals surface area contributed by atoms with Gasteiger partial charge in [0.15, 0.2) is 24.8 Å². The van der Waals surface area contributed by atoms with E-state index in [4.69, 9.17) is 11.5 Å². The highest BCUT2D eigenvalue weighted by molar-refractivity contribution is 5.64. The first-order chi connectivity index (χ1) is 14.3. The highest BCUT2D eigenvalue weighted by Gasteiger charge is 2.23. The normalized spacial score (nSPS) is 10.9. The minimum atomic E-state index is 0.754. The van der Waals surface area contributed by atoms with E-state index in [9.17, 15) is 0 Å². The van der Waals surface area contributed by atoms with E-state index in [2.05, 4.69) is 69.0 Å². The van der Waals surface area contributed by atoms with Crippen LogP contribution in [0.2, 0.25) is 0 Å². The van der Waals surface area contributed by atoms with Gasteiger partial charge in [-0.25, -0.2) is 0 Å². The van der Waals surface area contributed by atoms with Crippen molar-refractivity contribution in [2.45, 2.75) is 0 Å². The van der Waals surface area contributed by atoms with Crippen LogP contribution in [0.4, 0.5) is 11.4 Å². The third kappa shape index (κ3) is 3.59. The van der Waals surface area contributed by atoms with Crippen LogP contribution in [-0.4, -0.2) is 0 Å². The van der Waals surface area contributed by atoms with Crippen LogP contribution in [0.5, 0.6) is 0 Å². The van der Waals surface area contributed by atoms with Gasteiger partial charge in [0.2, 0.25) is 0 Å². The Hall–Kier alpha value is -3.80. The van der Waals surface area contributed by atoms with Gasteiger partial charge in [0.1, 0.15) is 28.2 Å². The summed E-state index contributed by atoms with van der Waals surface area (Å²) in [5.41, 5.74) is 20.1. The van der Waals surface area contributed by atoms with Crippen molar-refractivity contribution in [3.63, 3.8) is 0 Å². The Kier molecular flexibility index (Phi) is 4.91. The summed E-state index contributed by atoms with van der Waals surface area (Å²) in [7, 11) is 8.17. The second kappa shape index (κ2) is 7.55. The van der Waals surface area contributed by atoms with Crippen LogP contribution in [0.15, 0.2) is 73.3 Å². The molecule has 0 aliphatic rings. The summed E-state index contributed by atoms with van der Waals surface area (Å²) < 4.78 is 8.42. The number of nitrogens with two attached hydrogens (primary N) is 2. The Morgan fingerprint density at radius 3 is 1.27 bits per heavy atom. The molecule has 0 aliphatic heterocycles. The van der Waals surface area contributed by atoms with Gasteiger partial charge in [0.05, 0.1) is 11.1 Å². The fourth-order valence-corrected chi connectivity index (χ4v) is 3.77. The maximum atomic E-state index is 6.00. The second-order valence-corrected chi connectivity index (χ2v) is 7.74. The summed E-state index contributed by atoms with van der Waals surface area (Å²) in [5.74, 6) is 0. The molecule has 4 rings (SSSR count). The zero-order valence-electron chi connectivity index (χ0n) is 17.9. The number of hydrogen-bond donors (Lipinski definition) is 2. The summed E-state index contributed by atoms with van der Waals surface area (Å²) in [6.07, 6.45) is 8.25. The summed E-state index contributed by atoms with van der Waals surface area (Å²) in [6, 6.07) is 16.4. The molecule has 4 aromatic rings. The van der Waals surface area contributed by atoms with Crippen LogP contribution in [0.1, 0.15) is 0 Å². The second-order valence-electron chi connectivity index (χ2n) is 7.74. The maximum absolute atomic E-state index is 6.00. The largest absolute Gasteiger partial charge is 0.398 e. The monoisotopic (exact) mass is 400 g/mol. The minimum Gasteiger partial charge on any atom is -0.398 e. The molecule has 30 heavy (non-hydrogen) atoms. The van der Waals surface area contributed by atoms with Gasteiger partial charge in [0, 0.05) is 47.8 Å². The van der Waals surface area contributed by atoms with E-state index in [1.54, 1.807) is 0 Å². The van der Waals surface area contributed by atoms with Gasteiger partial charge in [-0.05, 0) is 12.1 Å². The first-order valence-corrected chi connectivity index (χ1v) is 9.84. The van der Waals surface area contributed by atoms with Crippen LogP contribution in [0, 0.1) is 0 Å². The quantitative estimate of drug-likeness (QED) is 0.507. The van der Waals surface area contributed by atoms with Crippen LogP contribution >= 0.6 is 0 Å². The summed E-state index contributed by atoms with van der Waals surface area (Å²) in [6.45, 7) is 0. The Labute approximate surface area is 176 Å². The lowest BCUT2D eigenvalue weighted by Crippen LogP contribution is -2.39. The van der Waals surface area contributed by atoms with E-state index in [0.29, 0.717) is 0 Å². The molecule has 0 bridgehead atoms. The number of anilines is 2. The smallest absolute Gasteiger partial charge is 0.279 e. The average Bonchev–Trinajstić information content (AvgIpc) is 2.72. The Bertz CT molecular complexity index is 1160. The molecule has 6 heteroatoms. The Morgan fingerprint density at radius 2 is 0.900 bits per heavy atom. The average molecular weight is 401 g/mol. The number of nitrogens with zero attached hydrogens (tertiary/aromatic N) is 4. The molecule has 0 unspecified atom stereocenters. The van der Waals surface area contributed by atoms with Crippen molar-refractivity contribution in [3.8, 4) is 33.9 Å². The van der Waals surface area contributed by atoms with Gasteiger partial charge < -0.3 is 11.5 Å². The summed E-state index contributed by atoms with van der Waals surface area (Å²) >= 11 is 0. The number of aryl methyl sites for hydroxylation is 4. The molecule has 4 N–H and O–H groups in total. The van der Waals surface area contributed by atoms with Crippen molar-refractivity contribution in [3.05, 3.63) is 73.3 Å². The van der Waals surface area contributed by atoms with E-state index < -0.39 is 0 Å². The van der Waals surface area contributed by atoms with Crippen molar-refractivity contribution in [1.82, 2.24) is 0 Å². The molecule has 0 saturated heterocycles. The summed E-state index contributed by atoms with van der Waals surface area (Å²) in [5, 5.41) is 0. The molecule has 4 aromatic heterocycles. The topological polar surface area (TPSA) is 67.6 Å². The molecule has 0 saturated carbocycles. The van der Waals surface area contributed by atoms with Gasteiger partial charge in [0.25, 0.3) is 22.8 Å². The van der Waals surface area contributed by atoms with Gasteiger partial charge in [-0.15, -0.1) is 0 Å². The highest BCUT2D eigenvalue weighted by atomic mass is 15.0. The van der Waals surface area contributed by atoms with Crippen molar-refractivity contribution >= 4 is 11.4 Å². The van der Waals surface area contributed by atoms with Crippen LogP contribution in [0.25, 0.3) is 33.9 Å². The lowest BCUT2D eigenvalue weighted by Gasteiger charge is -2.05. The third-order valence-corrected chi connectivity index (χ3v) is 5.47. The zero-order valence-corrected chi connectivity index (χ0v) is 17.9. The first kappa shape index (κ1) is 19.5. The van der Waals surface area contributed by atoms with Gasteiger partial charge in [-0.3, -0.25) is 0 Å². The van der Waals surface area contributed by atoms with E-state index >= 15 is 0 Å². The fraction of sp³-hybridized carbons (Fsp3) is 0.167. The first-order valence-electron chi connectivity index (χ1n) is 9.84. The SMILES string of the molecule is C[n+]1ccc(N)cc1-c1ccc(-c2ccc(-c3cc(N)cc[n+]3C)[n+](C)c2)c[n+]1C. The molecular formula is C24H28N6+4. The van der Waals surface area contributed by atoms with Crippen molar-refractivity contribution in [2.75, 3.05) is 11.5 Å². The molecule has 0 atom stereocenters. The predicted molar refractivity (Wildman–Crippen MR) is 116 cm³/mol. The van der Waals surface area contributed by atoms with Gasteiger partial charge >= 0.3 is 0 Å². The molecular weight excluding hydrogens is 372 g/mol. The highest BCUT2D eigenvalue weighted by Crippen LogP contribution is 2.22. The van der Waals surface area contributed by atoms with Crippen molar-refractivity contribution < 1.29 is 18.3 Å². The van der Waals surface area contributed by atoms with Gasteiger partial charge in [-0.2, -0.15) is 18.3 Å². The van der Waals surface area contributed by atoms with Crippen molar-refractivity contribution in [1.29, 1.82) is 0 Å². The van der Waals surface area contributed by atoms with Gasteiger partial charge in [-0.1, -0.05) is 0 Å². The number of hydrogen-bond acceptors (Lipinski definition) is 2. The third-order valence-electron chi connectivity index (χ3n) is 5.47. The molecule has 150 valence electrons. The van der Waals surface area contributed by atoms with Crippen LogP contribution in [0.3, 0.4) is 0 Å². The molecule has 0 fully saturated rings. The standard InChI is InChI=1S/C24H26N6/c1-27-11-9-19(25)13-23(27)21-7-5-17(15-29(21)3)18-6-8-22(30(4)16-18)24-14-20(26)10-12-28(24)2/h5-16,25-26H,1-4H3/q+2/p+2. The Morgan fingerprint density at radius 1 is 0.500 bits per heavy atom. The molecule has 0 spiro atoms. The number of rotatable bonds is 3. The predicted octanol–water partition coefficient (Wildman–Crippen LogP) is 1.15.